The Morgan fingerprint density at radius 1 is 1.38 bits per heavy atom. The molecule has 0 N–H and O–H groups in total. The number of alkyl halides is 1. The number of nitrogens with zero attached hydrogens (tertiary/aromatic N) is 2. The maximum Gasteiger partial charge on any atom is 0.227 e. The van der Waals surface area contributed by atoms with E-state index in [2.05, 4.69) is 0 Å². The molecule has 0 radical (unpaired) electrons. The summed E-state index contributed by atoms with van der Waals surface area (Å²) in [6.45, 7) is 0.176. The van der Waals surface area contributed by atoms with Crippen LogP contribution in [-0.2, 0) is 21.2 Å². The average Bonchev–Trinajstić information content (AvgIpc) is 2.97. The van der Waals surface area contributed by atoms with Gasteiger partial charge in [0.1, 0.15) is 5.82 Å². The molecule has 2 fully saturated rings. The number of benzene rings is 1. The van der Waals surface area contributed by atoms with Gasteiger partial charge in [0.25, 0.3) is 0 Å². The monoisotopic (exact) mass is 406 g/mol. The molecular weight excluding hydrogens is 386 g/mol. The summed E-state index contributed by atoms with van der Waals surface area (Å²) in [5, 5.41) is 0.179. The van der Waals surface area contributed by atoms with Crippen LogP contribution in [0.1, 0.15) is 12.0 Å². The number of hydrogen-bond donors (Lipinski definition) is 0. The largest absolute Gasteiger partial charge is 0.341 e. The molecule has 2 aliphatic heterocycles. The number of rotatable bonds is 4. The molecule has 0 unspecified atom stereocenters. The van der Waals surface area contributed by atoms with E-state index in [1.165, 1.54) is 27.4 Å². The molecule has 2 saturated heterocycles. The van der Waals surface area contributed by atoms with E-state index in [9.17, 15) is 22.0 Å². The van der Waals surface area contributed by atoms with E-state index in [0.29, 0.717) is 19.5 Å². The normalized spacial score (nSPS) is 26.8. The van der Waals surface area contributed by atoms with Crippen LogP contribution in [0.3, 0.4) is 0 Å². The topological polar surface area (TPSA) is 57.7 Å². The van der Waals surface area contributed by atoms with Crippen LogP contribution in [0.5, 0.6) is 0 Å². The van der Waals surface area contributed by atoms with Gasteiger partial charge >= 0.3 is 0 Å². The predicted molar refractivity (Wildman–Crippen MR) is 94.6 cm³/mol. The molecular formula is C17H21ClF2N2O3S. The van der Waals surface area contributed by atoms with Crippen molar-refractivity contribution < 1.29 is 22.0 Å². The number of hydrogen-bond acceptors (Lipinski definition) is 3. The van der Waals surface area contributed by atoms with Gasteiger partial charge in [0, 0.05) is 42.2 Å². The number of carbonyl (C=O) groups is 1. The molecule has 0 spiro atoms. The molecule has 0 saturated carbocycles. The van der Waals surface area contributed by atoms with Crippen LogP contribution in [0.2, 0.25) is 5.02 Å². The van der Waals surface area contributed by atoms with E-state index >= 15 is 0 Å². The molecule has 1 aromatic rings. The van der Waals surface area contributed by atoms with Gasteiger partial charge < -0.3 is 4.90 Å². The Morgan fingerprint density at radius 2 is 2.12 bits per heavy atom. The standard InChI is InChI=1S/C17H21ClF2N2O3S/c1-26(24,25)22-6-5-12-8-21(10-17(12,9-19)11-22)16(23)7-13-14(18)3-2-4-15(13)20/h2-4,12H,5-11H2,1H3/t12-,17-/m0/s1. The van der Waals surface area contributed by atoms with Crippen molar-refractivity contribution in [1.29, 1.82) is 0 Å². The minimum absolute atomic E-state index is 0.0667. The van der Waals surface area contributed by atoms with Gasteiger partial charge in [0.05, 0.1) is 19.4 Å². The van der Waals surface area contributed by atoms with E-state index in [1.54, 1.807) is 0 Å². The summed E-state index contributed by atoms with van der Waals surface area (Å²) in [5.74, 6) is -0.985. The first-order chi connectivity index (χ1) is 12.2. The fourth-order valence-corrected chi connectivity index (χ4v) is 5.13. The Hall–Kier alpha value is -1.25. The van der Waals surface area contributed by atoms with Crippen molar-refractivity contribution in [2.24, 2.45) is 11.3 Å². The van der Waals surface area contributed by atoms with Crippen LogP contribution in [0.15, 0.2) is 18.2 Å². The van der Waals surface area contributed by atoms with E-state index in [-0.39, 0.29) is 41.9 Å². The fourth-order valence-electron chi connectivity index (χ4n) is 3.97. The molecule has 2 heterocycles. The molecule has 144 valence electrons. The van der Waals surface area contributed by atoms with Crippen molar-refractivity contribution in [2.45, 2.75) is 12.8 Å². The highest BCUT2D eigenvalue weighted by atomic mass is 35.5. The Labute approximate surface area is 157 Å². The third-order valence-electron chi connectivity index (χ3n) is 5.51. The summed E-state index contributed by atoms with van der Waals surface area (Å²) < 4.78 is 52.8. The number of fused-ring (bicyclic) bond motifs is 1. The highest BCUT2D eigenvalue weighted by Gasteiger charge is 2.52. The first-order valence-corrected chi connectivity index (χ1v) is 10.6. The van der Waals surface area contributed by atoms with Gasteiger partial charge in [-0.3, -0.25) is 9.18 Å². The molecule has 0 aliphatic carbocycles. The number of carbonyl (C=O) groups excluding carboxylic acids is 1. The third-order valence-corrected chi connectivity index (χ3v) is 7.11. The number of sulfonamides is 1. The van der Waals surface area contributed by atoms with Crippen LogP contribution in [-0.4, -0.2) is 62.6 Å². The summed E-state index contributed by atoms with van der Waals surface area (Å²) in [4.78, 5) is 14.2. The molecule has 9 heteroatoms. The number of likely N-dealkylation sites (tertiary alicyclic amines) is 1. The Morgan fingerprint density at radius 3 is 2.73 bits per heavy atom. The number of amides is 1. The lowest BCUT2D eigenvalue weighted by atomic mass is 9.75. The van der Waals surface area contributed by atoms with Crippen LogP contribution in [0.4, 0.5) is 8.78 Å². The van der Waals surface area contributed by atoms with E-state index in [4.69, 9.17) is 11.6 Å². The fraction of sp³-hybridized carbons (Fsp3) is 0.588. The molecule has 0 bridgehead atoms. The molecule has 3 rings (SSSR count). The zero-order valence-corrected chi connectivity index (χ0v) is 16.0. The minimum Gasteiger partial charge on any atom is -0.341 e. The van der Waals surface area contributed by atoms with Crippen molar-refractivity contribution in [1.82, 2.24) is 9.21 Å². The summed E-state index contributed by atoms with van der Waals surface area (Å²) in [6, 6.07) is 4.23. The van der Waals surface area contributed by atoms with E-state index in [0.717, 1.165) is 6.26 Å². The van der Waals surface area contributed by atoms with Gasteiger partial charge in [-0.05, 0) is 24.5 Å². The SMILES string of the molecule is CS(=O)(=O)N1CC[C@H]2CN(C(=O)Cc3c(F)cccc3Cl)C[C@@]2(CF)C1. The van der Waals surface area contributed by atoms with Crippen LogP contribution >= 0.6 is 11.6 Å². The van der Waals surface area contributed by atoms with Gasteiger partial charge in [-0.15, -0.1) is 0 Å². The Kier molecular flexibility index (Phi) is 5.29. The maximum absolute atomic E-state index is 13.9. The number of halogens is 3. The summed E-state index contributed by atoms with van der Waals surface area (Å²) >= 11 is 5.98. The quantitative estimate of drug-likeness (QED) is 0.769. The second-order valence-electron chi connectivity index (χ2n) is 7.23. The highest BCUT2D eigenvalue weighted by molar-refractivity contribution is 7.88. The van der Waals surface area contributed by atoms with E-state index < -0.39 is 27.9 Å². The highest BCUT2D eigenvalue weighted by Crippen LogP contribution is 2.43. The van der Waals surface area contributed by atoms with Gasteiger partial charge in [0.2, 0.25) is 15.9 Å². The molecule has 1 amide bonds. The van der Waals surface area contributed by atoms with Crippen molar-refractivity contribution in [3.63, 3.8) is 0 Å². The summed E-state index contributed by atoms with van der Waals surface area (Å²) in [5.41, 5.74) is -0.767. The van der Waals surface area contributed by atoms with Crippen LogP contribution in [0, 0.1) is 17.2 Å². The van der Waals surface area contributed by atoms with Crippen molar-refractivity contribution in [3.05, 3.63) is 34.6 Å². The summed E-state index contributed by atoms with van der Waals surface area (Å²) in [7, 11) is -3.41. The smallest absolute Gasteiger partial charge is 0.227 e. The lowest BCUT2D eigenvalue weighted by Gasteiger charge is -2.41. The second kappa shape index (κ2) is 7.05. The maximum atomic E-state index is 13.9. The molecule has 1 aromatic carbocycles. The van der Waals surface area contributed by atoms with Crippen molar-refractivity contribution in [3.8, 4) is 0 Å². The van der Waals surface area contributed by atoms with Crippen molar-refractivity contribution >= 4 is 27.5 Å². The lowest BCUT2D eigenvalue weighted by molar-refractivity contribution is -0.130. The van der Waals surface area contributed by atoms with Gasteiger partial charge in [-0.25, -0.2) is 17.1 Å². The van der Waals surface area contributed by atoms with Crippen LogP contribution in [0.25, 0.3) is 0 Å². The van der Waals surface area contributed by atoms with Crippen molar-refractivity contribution in [2.75, 3.05) is 39.1 Å². The predicted octanol–water partition coefficient (Wildman–Crippen LogP) is 2.10. The van der Waals surface area contributed by atoms with Gasteiger partial charge in [-0.2, -0.15) is 0 Å². The molecule has 26 heavy (non-hydrogen) atoms. The molecule has 2 atom stereocenters. The summed E-state index contributed by atoms with van der Waals surface area (Å²) in [6.07, 6.45) is 1.41. The molecule has 5 nitrogen and oxygen atoms in total. The second-order valence-corrected chi connectivity index (χ2v) is 9.62. The first kappa shape index (κ1) is 19.5. The minimum atomic E-state index is -3.41. The van der Waals surface area contributed by atoms with E-state index in [1.807, 2.05) is 0 Å². The first-order valence-electron chi connectivity index (χ1n) is 8.38. The average molecular weight is 407 g/mol. The third kappa shape index (κ3) is 3.59. The zero-order chi connectivity index (χ0) is 19.1. The van der Waals surface area contributed by atoms with Crippen LogP contribution < -0.4 is 0 Å². The molecule has 0 aromatic heterocycles. The Bertz CT molecular complexity index is 800. The van der Waals surface area contributed by atoms with Gasteiger partial charge in [-0.1, -0.05) is 17.7 Å². The Balaban J connectivity index is 1.77. The van der Waals surface area contributed by atoms with Gasteiger partial charge in [0.15, 0.2) is 0 Å². The lowest BCUT2D eigenvalue weighted by Crippen LogP contribution is -2.51. The number of piperidine rings is 1. The molecule has 2 aliphatic rings. The zero-order valence-electron chi connectivity index (χ0n) is 14.4.